The third-order valence-corrected chi connectivity index (χ3v) is 15.2. The van der Waals surface area contributed by atoms with Crippen molar-refractivity contribution in [1.82, 2.24) is 4.90 Å². The normalized spacial score (nSPS) is 43.3. The zero-order chi connectivity index (χ0) is 43.7. The minimum absolute atomic E-state index is 0.00295. The Morgan fingerprint density at radius 3 is 2.30 bits per heavy atom. The lowest BCUT2D eigenvalue weighted by molar-refractivity contribution is -0.314. The second kappa shape index (κ2) is 20.2. The first kappa shape index (κ1) is 46.5. The first-order valence-electron chi connectivity index (χ1n) is 23.1. The van der Waals surface area contributed by atoms with E-state index in [1.54, 1.807) is 21.3 Å². The zero-order valence-electron chi connectivity index (χ0n) is 38.2. The average molecular weight is 855 g/mol. The molecule has 2 saturated carbocycles. The lowest BCUT2D eigenvalue weighted by Crippen LogP contribution is -2.59. The number of nitrogens with one attached hydrogen (secondary N) is 1. The summed E-state index contributed by atoms with van der Waals surface area (Å²) in [6, 6.07) is 7.99. The first-order valence-corrected chi connectivity index (χ1v) is 23.1. The van der Waals surface area contributed by atoms with Crippen LogP contribution >= 0.6 is 0 Å². The van der Waals surface area contributed by atoms with Gasteiger partial charge in [-0.15, -0.1) is 0 Å². The molecule has 2 N–H and O–H groups in total. The molecule has 61 heavy (non-hydrogen) atoms. The summed E-state index contributed by atoms with van der Waals surface area (Å²) >= 11 is 0. The number of allylic oxidation sites excluding steroid dienone is 2. The van der Waals surface area contributed by atoms with Crippen molar-refractivity contribution in [1.29, 1.82) is 0 Å². The summed E-state index contributed by atoms with van der Waals surface area (Å²) in [5.74, 6) is -1.78. The molecular weight excluding hydrogens is 781 g/mol. The monoisotopic (exact) mass is 855 g/mol. The van der Waals surface area contributed by atoms with Gasteiger partial charge in [0.15, 0.2) is 18.4 Å². The highest BCUT2D eigenvalue weighted by Crippen LogP contribution is 2.57. The summed E-state index contributed by atoms with van der Waals surface area (Å²) < 4.78 is 50.2. The number of rotatable bonds is 11. The van der Waals surface area contributed by atoms with Crippen LogP contribution in [0.5, 0.6) is 0 Å². The number of likely N-dealkylation sites (N-methyl/N-ethyl adjacent to an activating group) is 1. The zero-order valence-corrected chi connectivity index (χ0v) is 38.2. The minimum atomic E-state index is -0.789. The molecule has 342 valence electrons. The summed E-state index contributed by atoms with van der Waals surface area (Å²) in [4.78, 5) is 31.4. The van der Waals surface area contributed by atoms with Gasteiger partial charge in [0.2, 0.25) is 0 Å². The predicted molar refractivity (Wildman–Crippen MR) is 230 cm³/mol. The van der Waals surface area contributed by atoms with Crippen LogP contribution in [0.4, 0.5) is 5.69 Å². The van der Waals surface area contributed by atoms with Crippen molar-refractivity contribution in [3.8, 4) is 0 Å². The average Bonchev–Trinajstić information content (AvgIpc) is 3.82. The van der Waals surface area contributed by atoms with E-state index >= 15 is 4.79 Å². The number of esters is 1. The van der Waals surface area contributed by atoms with E-state index < -0.39 is 48.8 Å². The van der Waals surface area contributed by atoms with E-state index in [0.29, 0.717) is 43.7 Å². The maximum atomic E-state index is 15.2. The topological polar surface area (TPSA) is 143 Å². The van der Waals surface area contributed by atoms with Gasteiger partial charge in [-0.25, -0.2) is 0 Å². The number of hydrogen-bond donors (Lipinski definition) is 2. The third-order valence-electron chi connectivity index (χ3n) is 15.2. The molecule has 1 aromatic rings. The van der Waals surface area contributed by atoms with Gasteiger partial charge < -0.3 is 53.2 Å². The van der Waals surface area contributed by atoms with Gasteiger partial charge in [-0.05, 0) is 133 Å². The van der Waals surface area contributed by atoms with E-state index in [-0.39, 0.29) is 78.5 Å². The minimum Gasteiger partial charge on any atom is -0.462 e. The summed E-state index contributed by atoms with van der Waals surface area (Å²) in [7, 11) is 9.07. The Morgan fingerprint density at radius 2 is 1.62 bits per heavy atom. The number of aliphatic hydroxyl groups excluding tert-OH is 1. The maximum absolute atomic E-state index is 15.2. The second-order valence-electron chi connectivity index (χ2n) is 19.1. The van der Waals surface area contributed by atoms with Crippen LogP contribution in [0.25, 0.3) is 0 Å². The predicted octanol–water partition coefficient (Wildman–Crippen LogP) is 6.08. The molecule has 3 heterocycles. The number of nitrogens with zero attached hydrogens (tertiary/aromatic N) is 1. The summed E-state index contributed by atoms with van der Waals surface area (Å²) in [6.07, 6.45) is 3.62. The fourth-order valence-corrected chi connectivity index (χ4v) is 12.1. The summed E-state index contributed by atoms with van der Waals surface area (Å²) in [6.45, 7) is 10.1. The highest BCUT2D eigenvalue weighted by atomic mass is 16.7. The molecule has 0 spiro atoms. The van der Waals surface area contributed by atoms with Gasteiger partial charge in [-0.3, -0.25) is 9.59 Å². The number of carbonyl (C=O) groups excluding carboxylic acids is 2. The van der Waals surface area contributed by atoms with Crippen molar-refractivity contribution in [2.75, 3.05) is 40.7 Å². The van der Waals surface area contributed by atoms with Crippen molar-refractivity contribution >= 4 is 17.4 Å². The van der Waals surface area contributed by atoms with Gasteiger partial charge in [-0.2, -0.15) is 0 Å². The molecular formula is C48H74N2O11. The van der Waals surface area contributed by atoms with E-state index in [2.05, 4.69) is 50.3 Å². The fourth-order valence-electron chi connectivity index (χ4n) is 12.1. The van der Waals surface area contributed by atoms with Crippen LogP contribution in [0.2, 0.25) is 0 Å². The molecule has 13 nitrogen and oxygen atoms in total. The highest BCUT2D eigenvalue weighted by Gasteiger charge is 2.60. The maximum Gasteiger partial charge on any atom is 0.306 e. The Bertz CT molecular complexity index is 1680. The number of ether oxygens (including phenoxy) is 8. The Morgan fingerprint density at radius 1 is 0.885 bits per heavy atom. The second-order valence-corrected chi connectivity index (χ2v) is 19.1. The third kappa shape index (κ3) is 9.81. The molecule has 0 amide bonds. The largest absolute Gasteiger partial charge is 0.462 e. The van der Waals surface area contributed by atoms with Gasteiger partial charge in [0.05, 0.1) is 43.0 Å². The summed E-state index contributed by atoms with van der Waals surface area (Å²) in [5.41, 5.74) is 2.63. The van der Waals surface area contributed by atoms with Gasteiger partial charge in [0.1, 0.15) is 24.4 Å². The smallest absolute Gasteiger partial charge is 0.306 e. The number of methoxy groups -OCH3 is 3. The number of cyclic esters (lactones) is 1. The van der Waals surface area contributed by atoms with Crippen LogP contribution in [-0.2, 0) is 47.5 Å². The van der Waals surface area contributed by atoms with Crippen molar-refractivity contribution in [2.24, 2.45) is 35.5 Å². The number of carbonyl (C=O) groups is 2. The quantitative estimate of drug-likeness (QED) is 0.249. The lowest BCUT2D eigenvalue weighted by atomic mass is 9.62. The van der Waals surface area contributed by atoms with E-state index in [4.69, 9.17) is 37.9 Å². The van der Waals surface area contributed by atoms with E-state index in [0.717, 1.165) is 30.5 Å². The van der Waals surface area contributed by atoms with Crippen molar-refractivity contribution in [3.05, 3.63) is 41.5 Å². The van der Waals surface area contributed by atoms with Crippen LogP contribution in [0.1, 0.15) is 91.0 Å². The van der Waals surface area contributed by atoms with Gasteiger partial charge in [0, 0.05) is 44.9 Å². The van der Waals surface area contributed by atoms with Crippen LogP contribution in [0.15, 0.2) is 35.9 Å². The number of benzene rings is 1. The van der Waals surface area contributed by atoms with Crippen molar-refractivity contribution in [2.45, 2.75) is 172 Å². The van der Waals surface area contributed by atoms with E-state index in [9.17, 15) is 9.90 Å². The molecule has 3 aliphatic heterocycles. The van der Waals surface area contributed by atoms with Crippen LogP contribution in [0, 0.1) is 42.4 Å². The van der Waals surface area contributed by atoms with Gasteiger partial charge in [-0.1, -0.05) is 32.1 Å². The molecule has 0 aromatic heterocycles. The number of hydrogen-bond acceptors (Lipinski definition) is 13. The van der Waals surface area contributed by atoms with Gasteiger partial charge in [0.25, 0.3) is 0 Å². The number of Topliss-reactive ketones (excluding diaryl/α,β-unsaturated/α-hetero) is 1. The molecule has 6 aliphatic rings. The van der Waals surface area contributed by atoms with Crippen molar-refractivity contribution in [3.63, 3.8) is 0 Å². The number of fused-ring (bicyclic) bond motifs is 5. The molecule has 13 heteroatoms. The lowest BCUT2D eigenvalue weighted by Gasteiger charge is -2.47. The molecule has 4 unspecified atom stereocenters. The Labute approximate surface area is 363 Å². The van der Waals surface area contributed by atoms with Gasteiger partial charge >= 0.3 is 5.97 Å². The number of aliphatic hydroxyl groups is 1. The molecule has 3 saturated heterocycles. The molecule has 1 aromatic carbocycles. The molecule has 19 atom stereocenters. The van der Waals surface area contributed by atoms with E-state index in [1.165, 1.54) is 0 Å². The van der Waals surface area contributed by atoms with Crippen molar-refractivity contribution < 1.29 is 52.6 Å². The van der Waals surface area contributed by atoms with E-state index in [1.807, 2.05) is 39.0 Å². The van der Waals surface area contributed by atoms with Crippen LogP contribution in [0.3, 0.4) is 0 Å². The molecule has 0 bridgehead atoms. The Balaban J connectivity index is 1.21. The standard InChI is InChI=1S/C48H74N2O11/c1-11-30-16-13-17-38(61-40-19-18-37(50(6)7)27(4)57-40)26(3)43(52)36-23-33-32-21-31(60-48-47(56-10)46(55-9)45(54-8)28(5)58-48)22-35(32)44(53)42(41(33)34(36)24-39(51)59-30)49-29-15-12-14-25(2)20-29/h12,14-15,20,23,26-28,30-35,37-38,40-42,44-49,53H,11,13,16-19,21-22,24H2,1-10H3/t26-,27?,28?,30+,31+,32+,33+,34-,35-,37+,38+,40+,41-,42-,44-,45+,46?,47?,48+/m1/s1. The first-order chi connectivity index (χ1) is 29.3. The molecule has 0 radical (unpaired) electrons. The molecule has 7 rings (SSSR count). The summed E-state index contributed by atoms with van der Waals surface area (Å²) in [5, 5.41) is 16.4. The highest BCUT2D eigenvalue weighted by molar-refractivity contribution is 5.99. The number of aryl methyl sites for hydroxylation is 1. The Kier molecular flexibility index (Phi) is 15.4. The fraction of sp³-hybridized carbons (Fsp3) is 0.792. The number of anilines is 1. The Hall–Kier alpha value is -2.46. The molecule has 3 aliphatic carbocycles. The molecule has 5 fully saturated rings. The van der Waals surface area contributed by atoms with Crippen LogP contribution in [-0.4, -0.2) is 137 Å². The number of ketones is 1. The SMILES string of the molecule is CC[C@H]1CCC[C@H](O[C@H]2CC[C@H](N(C)C)C(C)O2)[C@@H](C)C(=O)C2=C[C@H]3[C@@H]4C[C@H](O[C@@H]5OC(C)[C@H](OC)C(OC)C5OC)C[C@H]4[C@@H](O)[C@H](Nc4cccc(C)c4)[C@H]3[C@@H]2CC(=O)O1. The van der Waals surface area contributed by atoms with Crippen LogP contribution < -0.4 is 5.32 Å².